The van der Waals surface area contributed by atoms with Crippen LogP contribution in [0.5, 0.6) is 5.75 Å². The van der Waals surface area contributed by atoms with Crippen LogP contribution in [-0.2, 0) is 14.8 Å². The number of hydrogen-bond acceptors (Lipinski definition) is 5. The van der Waals surface area contributed by atoms with E-state index in [1.54, 1.807) is 12.1 Å². The molecule has 0 saturated carbocycles. The van der Waals surface area contributed by atoms with E-state index in [0.717, 1.165) is 12.8 Å². The molecule has 8 nitrogen and oxygen atoms in total. The summed E-state index contributed by atoms with van der Waals surface area (Å²) in [6, 6.07) is 11.6. The molecule has 0 aromatic heterocycles. The maximum atomic E-state index is 12.5. The molecule has 3 rings (SSSR count). The summed E-state index contributed by atoms with van der Waals surface area (Å²) in [4.78, 5) is 24.5. The summed E-state index contributed by atoms with van der Waals surface area (Å²) >= 11 is 0. The Bertz CT molecular complexity index is 988. The van der Waals surface area contributed by atoms with Crippen LogP contribution in [-0.4, -0.2) is 39.4 Å². The van der Waals surface area contributed by atoms with Crippen LogP contribution in [0.2, 0.25) is 0 Å². The number of hydrogen-bond donors (Lipinski definition) is 3. The Morgan fingerprint density at radius 1 is 1.10 bits per heavy atom. The predicted octanol–water partition coefficient (Wildman–Crippen LogP) is 2.28. The van der Waals surface area contributed by atoms with E-state index in [0.29, 0.717) is 36.6 Å². The highest BCUT2D eigenvalue weighted by Crippen LogP contribution is 2.20. The second-order valence-corrected chi connectivity index (χ2v) is 8.58. The van der Waals surface area contributed by atoms with Crippen molar-refractivity contribution >= 4 is 27.5 Å². The van der Waals surface area contributed by atoms with Gasteiger partial charge in [-0.2, -0.15) is 0 Å². The van der Waals surface area contributed by atoms with Gasteiger partial charge in [-0.05, 0) is 74.7 Å². The second-order valence-electron chi connectivity index (χ2n) is 6.90. The third-order valence-corrected chi connectivity index (χ3v) is 6.08. The van der Waals surface area contributed by atoms with Crippen LogP contribution in [0, 0.1) is 0 Å². The van der Waals surface area contributed by atoms with Crippen molar-refractivity contribution in [3.63, 3.8) is 0 Å². The molecule has 1 heterocycles. The average molecular weight is 432 g/mol. The Kier molecular flexibility index (Phi) is 6.94. The van der Waals surface area contributed by atoms with Gasteiger partial charge < -0.3 is 15.4 Å². The molecule has 160 valence electrons. The maximum Gasteiger partial charge on any atom is 0.261 e. The summed E-state index contributed by atoms with van der Waals surface area (Å²) in [5, 5.41) is 5.51. The van der Waals surface area contributed by atoms with Crippen LogP contribution in [0.4, 0.5) is 5.69 Å². The molecule has 30 heavy (non-hydrogen) atoms. The predicted molar refractivity (Wildman–Crippen MR) is 113 cm³/mol. The molecule has 1 aliphatic rings. The Hall–Kier alpha value is -3.07. The first-order valence-corrected chi connectivity index (χ1v) is 11.3. The first-order chi connectivity index (χ1) is 14.4. The standard InChI is InChI=1S/C21H25N3O5S/c1-2-29-17-10-12-18(13-11-17)30(27,28)24-16-8-6-15(7-9-16)20(25)23-19-5-3-4-14-22-21(19)26/h6-13,19,24H,2-5,14H2,1H3,(H,22,26)(H,23,25). The SMILES string of the molecule is CCOc1ccc(S(=O)(=O)Nc2ccc(C(=O)NC3CCCCNC3=O)cc2)cc1. The highest BCUT2D eigenvalue weighted by atomic mass is 32.2. The lowest BCUT2D eigenvalue weighted by molar-refractivity contribution is -0.122. The number of carbonyl (C=O) groups excluding carboxylic acids is 2. The molecule has 2 amide bonds. The molecule has 1 atom stereocenters. The summed E-state index contributed by atoms with van der Waals surface area (Å²) in [5.41, 5.74) is 0.670. The van der Waals surface area contributed by atoms with E-state index in [9.17, 15) is 18.0 Å². The van der Waals surface area contributed by atoms with E-state index in [2.05, 4.69) is 15.4 Å². The van der Waals surface area contributed by atoms with Crippen molar-refractivity contribution in [1.82, 2.24) is 10.6 Å². The van der Waals surface area contributed by atoms with Gasteiger partial charge in [0, 0.05) is 17.8 Å². The maximum absolute atomic E-state index is 12.5. The lowest BCUT2D eigenvalue weighted by Gasteiger charge is -2.15. The van der Waals surface area contributed by atoms with E-state index >= 15 is 0 Å². The first kappa shape index (κ1) is 21.6. The van der Waals surface area contributed by atoms with E-state index in [-0.39, 0.29) is 16.7 Å². The summed E-state index contributed by atoms with van der Waals surface area (Å²) in [6.45, 7) is 2.96. The minimum absolute atomic E-state index is 0.104. The van der Waals surface area contributed by atoms with Gasteiger partial charge in [0.15, 0.2) is 0 Å². The zero-order valence-electron chi connectivity index (χ0n) is 16.7. The van der Waals surface area contributed by atoms with Crippen molar-refractivity contribution in [2.45, 2.75) is 37.1 Å². The molecule has 0 spiro atoms. The number of rotatable bonds is 7. The van der Waals surface area contributed by atoms with Gasteiger partial charge >= 0.3 is 0 Å². The zero-order chi connectivity index (χ0) is 21.6. The van der Waals surface area contributed by atoms with Gasteiger partial charge in [-0.1, -0.05) is 0 Å². The monoisotopic (exact) mass is 431 g/mol. The molecule has 9 heteroatoms. The number of carbonyl (C=O) groups is 2. The van der Waals surface area contributed by atoms with Crippen LogP contribution in [0.25, 0.3) is 0 Å². The van der Waals surface area contributed by atoms with Gasteiger partial charge in [0.25, 0.3) is 15.9 Å². The van der Waals surface area contributed by atoms with Crippen LogP contribution < -0.4 is 20.1 Å². The van der Waals surface area contributed by atoms with Crippen molar-refractivity contribution in [1.29, 1.82) is 0 Å². The molecule has 3 N–H and O–H groups in total. The average Bonchev–Trinajstić information content (AvgIpc) is 2.93. The summed E-state index contributed by atoms with van der Waals surface area (Å²) < 4.78 is 32.9. The number of amides is 2. The summed E-state index contributed by atoms with van der Waals surface area (Å²) in [7, 11) is -3.77. The minimum atomic E-state index is -3.77. The van der Waals surface area contributed by atoms with Crippen molar-refractivity contribution in [2.75, 3.05) is 17.9 Å². The number of anilines is 1. The fraction of sp³-hybridized carbons (Fsp3) is 0.333. The third-order valence-electron chi connectivity index (χ3n) is 4.68. The quantitative estimate of drug-likeness (QED) is 0.622. The summed E-state index contributed by atoms with van der Waals surface area (Å²) in [6.07, 6.45) is 2.34. The molecule has 1 unspecified atom stereocenters. The van der Waals surface area contributed by atoms with E-state index in [1.807, 2.05) is 6.92 Å². The largest absolute Gasteiger partial charge is 0.494 e. The van der Waals surface area contributed by atoms with Crippen LogP contribution in [0.15, 0.2) is 53.4 Å². The fourth-order valence-electron chi connectivity index (χ4n) is 3.10. The Morgan fingerprint density at radius 2 is 1.80 bits per heavy atom. The number of ether oxygens (including phenoxy) is 1. The van der Waals surface area contributed by atoms with Gasteiger partial charge in [-0.25, -0.2) is 8.42 Å². The van der Waals surface area contributed by atoms with E-state index in [1.165, 1.54) is 36.4 Å². The molecule has 0 aliphatic carbocycles. The highest BCUT2D eigenvalue weighted by molar-refractivity contribution is 7.92. The zero-order valence-corrected chi connectivity index (χ0v) is 17.5. The van der Waals surface area contributed by atoms with Crippen molar-refractivity contribution < 1.29 is 22.7 Å². The molecule has 2 aromatic rings. The number of sulfonamides is 1. The van der Waals surface area contributed by atoms with Gasteiger partial charge in [-0.3, -0.25) is 14.3 Å². The molecule has 1 saturated heterocycles. The molecule has 2 aromatic carbocycles. The normalized spacial score (nSPS) is 16.8. The lowest BCUT2D eigenvalue weighted by Crippen LogP contribution is -2.45. The fourth-order valence-corrected chi connectivity index (χ4v) is 4.16. The second kappa shape index (κ2) is 9.62. The highest BCUT2D eigenvalue weighted by Gasteiger charge is 2.23. The van der Waals surface area contributed by atoms with Gasteiger partial charge in [0.05, 0.1) is 11.5 Å². The minimum Gasteiger partial charge on any atom is -0.494 e. The van der Waals surface area contributed by atoms with Crippen molar-refractivity contribution in [2.24, 2.45) is 0 Å². The topological polar surface area (TPSA) is 114 Å². The molecular weight excluding hydrogens is 406 g/mol. The third kappa shape index (κ3) is 5.50. The smallest absolute Gasteiger partial charge is 0.261 e. The van der Waals surface area contributed by atoms with Crippen LogP contribution in [0.1, 0.15) is 36.5 Å². The summed E-state index contributed by atoms with van der Waals surface area (Å²) in [5.74, 6) is 0.0349. The Labute approximate surface area is 176 Å². The Morgan fingerprint density at radius 3 is 2.47 bits per heavy atom. The van der Waals surface area contributed by atoms with E-state index < -0.39 is 16.1 Å². The number of nitrogens with one attached hydrogen (secondary N) is 3. The van der Waals surface area contributed by atoms with Gasteiger partial charge in [0.2, 0.25) is 5.91 Å². The van der Waals surface area contributed by atoms with Crippen molar-refractivity contribution in [3.8, 4) is 5.75 Å². The molecule has 1 aliphatic heterocycles. The van der Waals surface area contributed by atoms with Crippen LogP contribution in [0.3, 0.4) is 0 Å². The Balaban J connectivity index is 1.64. The number of benzene rings is 2. The lowest BCUT2D eigenvalue weighted by atomic mass is 10.1. The van der Waals surface area contributed by atoms with Gasteiger partial charge in [0.1, 0.15) is 11.8 Å². The van der Waals surface area contributed by atoms with Gasteiger partial charge in [-0.15, -0.1) is 0 Å². The van der Waals surface area contributed by atoms with Crippen molar-refractivity contribution in [3.05, 3.63) is 54.1 Å². The van der Waals surface area contributed by atoms with E-state index in [4.69, 9.17) is 4.74 Å². The molecular formula is C21H25N3O5S. The first-order valence-electron chi connectivity index (χ1n) is 9.83. The molecule has 0 bridgehead atoms. The molecule has 0 radical (unpaired) electrons. The molecule has 1 fully saturated rings. The van der Waals surface area contributed by atoms with Crippen LogP contribution >= 0.6 is 0 Å².